The number of nitrogens with one attached hydrogen (secondary N) is 1. The molecule has 0 aromatic heterocycles. The van der Waals surface area contributed by atoms with Crippen LogP contribution in [-0.2, 0) is 11.2 Å². The maximum atomic E-state index is 12.8. The van der Waals surface area contributed by atoms with E-state index < -0.39 is 0 Å². The van der Waals surface area contributed by atoms with Gasteiger partial charge in [-0.05, 0) is 43.4 Å². The molecule has 1 amide bonds. The van der Waals surface area contributed by atoms with Crippen molar-refractivity contribution in [2.75, 3.05) is 23.3 Å². The number of rotatable bonds is 5. The molecule has 2 aromatic rings. The molecule has 142 valence electrons. The number of nitro benzene ring substituents is 1. The van der Waals surface area contributed by atoms with Crippen molar-refractivity contribution in [3.8, 4) is 0 Å². The highest BCUT2D eigenvalue weighted by molar-refractivity contribution is 5.94. The predicted octanol–water partition coefficient (Wildman–Crippen LogP) is 4.32. The van der Waals surface area contributed by atoms with Gasteiger partial charge >= 0.3 is 0 Å². The minimum Gasteiger partial charge on any atom is -0.366 e. The van der Waals surface area contributed by atoms with Gasteiger partial charge < -0.3 is 10.2 Å². The van der Waals surface area contributed by atoms with E-state index >= 15 is 0 Å². The molecule has 0 bridgehead atoms. The van der Waals surface area contributed by atoms with Crippen molar-refractivity contribution in [3.05, 3.63) is 63.7 Å². The lowest BCUT2D eigenvalue weighted by molar-refractivity contribution is -0.384. The van der Waals surface area contributed by atoms with E-state index in [1.165, 1.54) is 6.07 Å². The largest absolute Gasteiger partial charge is 0.366 e. The first-order chi connectivity index (χ1) is 13.0. The molecule has 0 aliphatic carbocycles. The molecule has 2 aromatic carbocycles. The summed E-state index contributed by atoms with van der Waals surface area (Å²) in [7, 11) is 0. The number of para-hydroxylation sites is 3. The summed E-state index contributed by atoms with van der Waals surface area (Å²) in [6.07, 6.45) is 2.24. The molecule has 1 heterocycles. The molecule has 6 nitrogen and oxygen atoms in total. The summed E-state index contributed by atoms with van der Waals surface area (Å²) in [5, 5.41) is 14.4. The fraction of sp³-hybridized carbons (Fsp3) is 0.381. The second-order valence-electron chi connectivity index (χ2n) is 6.96. The number of carbonyl (C=O) groups is 1. The Morgan fingerprint density at radius 1 is 1.19 bits per heavy atom. The van der Waals surface area contributed by atoms with Gasteiger partial charge in [0.05, 0.1) is 4.92 Å². The van der Waals surface area contributed by atoms with Crippen molar-refractivity contribution in [1.29, 1.82) is 0 Å². The van der Waals surface area contributed by atoms with E-state index in [0.29, 0.717) is 31.6 Å². The fourth-order valence-corrected chi connectivity index (χ4v) is 3.70. The van der Waals surface area contributed by atoms with Gasteiger partial charge in [0.15, 0.2) is 0 Å². The Hall–Kier alpha value is -2.89. The fourth-order valence-electron chi connectivity index (χ4n) is 3.70. The van der Waals surface area contributed by atoms with E-state index in [4.69, 9.17) is 0 Å². The maximum absolute atomic E-state index is 12.8. The van der Waals surface area contributed by atoms with Crippen LogP contribution in [0.5, 0.6) is 0 Å². The Kier molecular flexibility index (Phi) is 5.74. The minimum atomic E-state index is -0.349. The second-order valence-corrected chi connectivity index (χ2v) is 6.96. The summed E-state index contributed by atoms with van der Waals surface area (Å²) in [6.45, 7) is 5.36. The molecule has 0 unspecified atom stereocenters. The highest BCUT2D eigenvalue weighted by atomic mass is 16.6. The number of anilines is 2. The average Bonchev–Trinajstić information content (AvgIpc) is 2.69. The Morgan fingerprint density at radius 2 is 1.89 bits per heavy atom. The third-order valence-electron chi connectivity index (χ3n) is 5.27. The molecule has 6 heteroatoms. The first kappa shape index (κ1) is 18.9. The summed E-state index contributed by atoms with van der Waals surface area (Å²) in [5.41, 5.74) is 3.88. The molecule has 1 fully saturated rings. The molecule has 0 saturated carbocycles. The van der Waals surface area contributed by atoms with Crippen LogP contribution in [0.25, 0.3) is 0 Å². The summed E-state index contributed by atoms with van der Waals surface area (Å²) in [6, 6.07) is 12.8. The topological polar surface area (TPSA) is 75.5 Å². The van der Waals surface area contributed by atoms with Crippen LogP contribution in [0.1, 0.15) is 30.9 Å². The zero-order chi connectivity index (χ0) is 19.4. The number of aryl methyl sites for hydroxylation is 2. The van der Waals surface area contributed by atoms with Crippen LogP contribution in [-0.4, -0.2) is 23.9 Å². The smallest absolute Gasteiger partial charge is 0.292 e. The molecule has 1 saturated heterocycles. The summed E-state index contributed by atoms with van der Waals surface area (Å²) < 4.78 is 0. The Morgan fingerprint density at radius 3 is 2.56 bits per heavy atom. The number of piperidine rings is 1. The molecular formula is C21H25N3O3. The standard InChI is InChI=1S/C21H25N3O3/c1-3-16-8-6-7-15(2)20(16)22-21(25)17-11-13-23(14-12-17)18-9-4-5-10-19(18)24(26)27/h4-10,17H,3,11-14H2,1-2H3,(H,22,25). The monoisotopic (exact) mass is 367 g/mol. The third kappa shape index (κ3) is 4.10. The van der Waals surface area contributed by atoms with E-state index in [2.05, 4.69) is 12.2 Å². The number of hydrogen-bond donors (Lipinski definition) is 1. The SMILES string of the molecule is CCc1cccc(C)c1NC(=O)C1CCN(c2ccccc2[N+](=O)[O-])CC1. The average molecular weight is 367 g/mol. The lowest BCUT2D eigenvalue weighted by Gasteiger charge is -2.32. The molecule has 0 radical (unpaired) electrons. The van der Waals surface area contributed by atoms with Gasteiger partial charge in [-0.2, -0.15) is 0 Å². The number of hydrogen-bond acceptors (Lipinski definition) is 4. The van der Waals surface area contributed by atoms with Gasteiger partial charge in [-0.1, -0.05) is 37.3 Å². The van der Waals surface area contributed by atoms with Gasteiger partial charge in [0.2, 0.25) is 5.91 Å². The highest BCUT2D eigenvalue weighted by Gasteiger charge is 2.28. The summed E-state index contributed by atoms with van der Waals surface area (Å²) >= 11 is 0. The molecule has 3 rings (SSSR count). The van der Waals surface area contributed by atoms with Gasteiger partial charge in [0.1, 0.15) is 5.69 Å². The van der Waals surface area contributed by atoms with Crippen LogP contribution in [0.3, 0.4) is 0 Å². The predicted molar refractivity (Wildman–Crippen MR) is 107 cm³/mol. The van der Waals surface area contributed by atoms with E-state index in [0.717, 1.165) is 23.2 Å². The van der Waals surface area contributed by atoms with E-state index in [1.807, 2.05) is 36.1 Å². The first-order valence-corrected chi connectivity index (χ1v) is 9.39. The number of nitro groups is 1. The quantitative estimate of drug-likeness (QED) is 0.631. The van der Waals surface area contributed by atoms with Crippen LogP contribution in [0.4, 0.5) is 17.1 Å². The van der Waals surface area contributed by atoms with Crippen molar-refractivity contribution < 1.29 is 9.72 Å². The van der Waals surface area contributed by atoms with E-state index in [-0.39, 0.29) is 22.4 Å². The number of benzene rings is 2. The second kappa shape index (κ2) is 8.20. The summed E-state index contributed by atoms with van der Waals surface area (Å²) in [4.78, 5) is 25.7. The van der Waals surface area contributed by atoms with Gasteiger partial charge in [0, 0.05) is 30.8 Å². The van der Waals surface area contributed by atoms with Crippen LogP contribution >= 0.6 is 0 Å². The van der Waals surface area contributed by atoms with Crippen molar-refractivity contribution in [3.63, 3.8) is 0 Å². The zero-order valence-corrected chi connectivity index (χ0v) is 15.8. The molecule has 0 spiro atoms. The van der Waals surface area contributed by atoms with Gasteiger partial charge in [-0.25, -0.2) is 0 Å². The molecule has 1 aliphatic rings. The van der Waals surface area contributed by atoms with Gasteiger partial charge in [-0.3, -0.25) is 14.9 Å². The van der Waals surface area contributed by atoms with Crippen LogP contribution in [0.2, 0.25) is 0 Å². The molecule has 1 N–H and O–H groups in total. The van der Waals surface area contributed by atoms with E-state index in [9.17, 15) is 14.9 Å². The lowest BCUT2D eigenvalue weighted by atomic mass is 9.94. The first-order valence-electron chi connectivity index (χ1n) is 9.39. The maximum Gasteiger partial charge on any atom is 0.292 e. The lowest BCUT2D eigenvalue weighted by Crippen LogP contribution is -2.38. The Balaban J connectivity index is 1.66. The third-order valence-corrected chi connectivity index (χ3v) is 5.27. The molecule has 0 atom stereocenters. The summed E-state index contributed by atoms with van der Waals surface area (Å²) in [5.74, 6) is -0.0328. The number of nitrogens with zero attached hydrogens (tertiary/aromatic N) is 2. The minimum absolute atomic E-state index is 0.0428. The van der Waals surface area contributed by atoms with Crippen LogP contribution < -0.4 is 10.2 Å². The number of carbonyl (C=O) groups excluding carboxylic acids is 1. The van der Waals surface area contributed by atoms with E-state index in [1.54, 1.807) is 12.1 Å². The Bertz CT molecular complexity index is 842. The van der Waals surface area contributed by atoms with Crippen molar-refractivity contribution in [2.45, 2.75) is 33.1 Å². The van der Waals surface area contributed by atoms with Crippen LogP contribution in [0, 0.1) is 23.0 Å². The normalized spacial score (nSPS) is 14.8. The van der Waals surface area contributed by atoms with Crippen molar-refractivity contribution >= 4 is 23.0 Å². The van der Waals surface area contributed by atoms with Gasteiger partial charge in [0.25, 0.3) is 5.69 Å². The number of amides is 1. The van der Waals surface area contributed by atoms with Gasteiger partial charge in [-0.15, -0.1) is 0 Å². The molecule has 1 aliphatic heterocycles. The van der Waals surface area contributed by atoms with Crippen molar-refractivity contribution in [2.24, 2.45) is 5.92 Å². The highest BCUT2D eigenvalue weighted by Crippen LogP contribution is 2.32. The zero-order valence-electron chi connectivity index (χ0n) is 15.8. The van der Waals surface area contributed by atoms with Crippen molar-refractivity contribution in [1.82, 2.24) is 0 Å². The van der Waals surface area contributed by atoms with Crippen LogP contribution in [0.15, 0.2) is 42.5 Å². The molecule has 27 heavy (non-hydrogen) atoms. The molecular weight excluding hydrogens is 342 g/mol. The Labute approximate surface area is 159 Å².